The maximum Gasteiger partial charge on any atom is 0.156 e. The van der Waals surface area contributed by atoms with Gasteiger partial charge in [0.25, 0.3) is 0 Å². The molecule has 6 heteroatoms. The van der Waals surface area contributed by atoms with Crippen LogP contribution in [-0.2, 0) is 0 Å². The summed E-state index contributed by atoms with van der Waals surface area (Å²) in [4.78, 5) is 17.2. The highest BCUT2D eigenvalue weighted by atomic mass is 35.5. The van der Waals surface area contributed by atoms with Crippen LogP contribution < -0.4 is 5.32 Å². The number of pyridine rings is 1. The second-order valence-corrected chi connectivity index (χ2v) is 7.95. The number of nitrogens with zero attached hydrogens (tertiary/aromatic N) is 3. The van der Waals surface area contributed by atoms with Gasteiger partial charge in [0.15, 0.2) is 5.65 Å². The smallest absolute Gasteiger partial charge is 0.156 e. The highest BCUT2D eigenvalue weighted by Crippen LogP contribution is 2.32. The van der Waals surface area contributed by atoms with Crippen LogP contribution in [-0.4, -0.2) is 26.0 Å². The van der Waals surface area contributed by atoms with Gasteiger partial charge in [0, 0.05) is 23.4 Å². The van der Waals surface area contributed by atoms with Gasteiger partial charge in [-0.15, -0.1) is 0 Å². The van der Waals surface area contributed by atoms with Crippen LogP contribution in [0.25, 0.3) is 33.5 Å². The average Bonchev–Trinajstić information content (AvgIpc) is 3.18. The molecule has 0 bridgehead atoms. The van der Waals surface area contributed by atoms with Crippen molar-refractivity contribution < 1.29 is 0 Å². The van der Waals surface area contributed by atoms with E-state index < -0.39 is 0 Å². The van der Waals surface area contributed by atoms with Gasteiger partial charge in [0.2, 0.25) is 0 Å². The SMILES string of the molecule is Clc1cc(-c2c[nH]c3ncc(-c4ccccc4)nc23)cc(NC2CCCCC2)n1. The second-order valence-electron chi connectivity index (χ2n) is 7.56. The van der Waals surface area contributed by atoms with E-state index in [0.717, 1.165) is 39.4 Å². The Kier molecular flexibility index (Phi) is 4.90. The molecule has 1 aliphatic carbocycles. The van der Waals surface area contributed by atoms with Crippen molar-refractivity contribution >= 4 is 28.6 Å². The summed E-state index contributed by atoms with van der Waals surface area (Å²) in [5.41, 5.74) is 5.43. The summed E-state index contributed by atoms with van der Waals surface area (Å²) < 4.78 is 0. The number of halogens is 1. The molecule has 5 nitrogen and oxygen atoms in total. The lowest BCUT2D eigenvalue weighted by molar-refractivity contribution is 0.462. The summed E-state index contributed by atoms with van der Waals surface area (Å²) in [7, 11) is 0. The molecule has 1 fully saturated rings. The predicted octanol–water partition coefficient (Wildman–Crippen LogP) is 6.08. The number of anilines is 1. The topological polar surface area (TPSA) is 66.5 Å². The van der Waals surface area contributed by atoms with Crippen LogP contribution in [0.5, 0.6) is 0 Å². The number of aromatic amines is 1. The number of fused-ring (bicyclic) bond motifs is 1. The third-order valence-electron chi connectivity index (χ3n) is 5.51. The van der Waals surface area contributed by atoms with Crippen molar-refractivity contribution in [1.82, 2.24) is 19.9 Å². The van der Waals surface area contributed by atoms with Crippen molar-refractivity contribution in [1.29, 1.82) is 0 Å². The molecule has 1 saturated carbocycles. The Labute approximate surface area is 174 Å². The Balaban J connectivity index is 1.53. The molecule has 0 amide bonds. The third-order valence-corrected chi connectivity index (χ3v) is 5.71. The van der Waals surface area contributed by atoms with Gasteiger partial charge in [-0.2, -0.15) is 0 Å². The fourth-order valence-electron chi connectivity index (χ4n) is 4.04. The van der Waals surface area contributed by atoms with Crippen LogP contribution in [0.4, 0.5) is 5.82 Å². The van der Waals surface area contributed by atoms with Crippen LogP contribution in [0.1, 0.15) is 32.1 Å². The van der Waals surface area contributed by atoms with Crippen LogP contribution in [0.15, 0.2) is 54.9 Å². The minimum atomic E-state index is 0.468. The van der Waals surface area contributed by atoms with E-state index in [-0.39, 0.29) is 0 Å². The van der Waals surface area contributed by atoms with Crippen LogP contribution in [0.3, 0.4) is 0 Å². The minimum Gasteiger partial charge on any atom is -0.367 e. The van der Waals surface area contributed by atoms with E-state index in [0.29, 0.717) is 11.2 Å². The first-order chi connectivity index (χ1) is 14.3. The van der Waals surface area contributed by atoms with Gasteiger partial charge >= 0.3 is 0 Å². The molecule has 1 aromatic carbocycles. The Morgan fingerprint density at radius 1 is 0.966 bits per heavy atom. The van der Waals surface area contributed by atoms with Crippen molar-refractivity contribution in [2.24, 2.45) is 0 Å². The van der Waals surface area contributed by atoms with E-state index in [1.54, 1.807) is 6.20 Å². The lowest BCUT2D eigenvalue weighted by Crippen LogP contribution is -2.22. The molecule has 2 N–H and O–H groups in total. The molecule has 1 aliphatic rings. The average molecular weight is 404 g/mol. The molecule has 146 valence electrons. The van der Waals surface area contributed by atoms with Crippen LogP contribution >= 0.6 is 11.6 Å². The molecule has 4 aromatic rings. The summed E-state index contributed by atoms with van der Waals surface area (Å²) in [6.45, 7) is 0. The number of H-pyrrole nitrogens is 1. The number of aromatic nitrogens is 4. The highest BCUT2D eigenvalue weighted by Gasteiger charge is 2.16. The molecular formula is C23H22ClN5. The second kappa shape index (κ2) is 7.84. The summed E-state index contributed by atoms with van der Waals surface area (Å²) in [5, 5.41) is 4.04. The third kappa shape index (κ3) is 3.83. The summed E-state index contributed by atoms with van der Waals surface area (Å²) in [5.74, 6) is 0.820. The van der Waals surface area contributed by atoms with Crippen molar-refractivity contribution in [3.8, 4) is 22.4 Å². The van der Waals surface area contributed by atoms with Crippen LogP contribution in [0.2, 0.25) is 5.15 Å². The molecular weight excluding hydrogens is 382 g/mol. The number of hydrogen-bond donors (Lipinski definition) is 2. The highest BCUT2D eigenvalue weighted by molar-refractivity contribution is 6.29. The fraction of sp³-hybridized carbons (Fsp3) is 0.261. The molecule has 3 aromatic heterocycles. The number of nitrogens with one attached hydrogen (secondary N) is 2. The van der Waals surface area contributed by atoms with Crippen molar-refractivity contribution in [3.63, 3.8) is 0 Å². The predicted molar refractivity (Wildman–Crippen MR) is 118 cm³/mol. The lowest BCUT2D eigenvalue weighted by atomic mass is 9.95. The number of benzene rings is 1. The van der Waals surface area contributed by atoms with E-state index in [1.807, 2.05) is 42.6 Å². The number of rotatable bonds is 4. The molecule has 5 rings (SSSR count). The summed E-state index contributed by atoms with van der Waals surface area (Å²) in [6.07, 6.45) is 9.97. The first kappa shape index (κ1) is 18.1. The van der Waals surface area contributed by atoms with E-state index >= 15 is 0 Å². The van der Waals surface area contributed by atoms with Crippen molar-refractivity contribution in [2.45, 2.75) is 38.1 Å². The first-order valence-corrected chi connectivity index (χ1v) is 10.5. The zero-order valence-corrected chi connectivity index (χ0v) is 16.8. The minimum absolute atomic E-state index is 0.468. The number of hydrogen-bond acceptors (Lipinski definition) is 4. The Morgan fingerprint density at radius 3 is 2.62 bits per heavy atom. The Hall–Kier alpha value is -2.92. The largest absolute Gasteiger partial charge is 0.367 e. The Bertz CT molecular complexity index is 1130. The molecule has 0 spiro atoms. The normalized spacial score (nSPS) is 14.9. The van der Waals surface area contributed by atoms with Crippen molar-refractivity contribution in [3.05, 3.63) is 60.0 Å². The molecule has 0 atom stereocenters. The van der Waals surface area contributed by atoms with Gasteiger partial charge in [-0.05, 0) is 30.5 Å². The van der Waals surface area contributed by atoms with Crippen molar-refractivity contribution in [2.75, 3.05) is 5.32 Å². The maximum absolute atomic E-state index is 6.37. The quantitative estimate of drug-likeness (QED) is 0.405. The Morgan fingerprint density at radius 2 is 1.79 bits per heavy atom. The van der Waals surface area contributed by atoms with E-state index in [9.17, 15) is 0 Å². The van der Waals surface area contributed by atoms with Gasteiger partial charge in [0.05, 0.1) is 11.9 Å². The van der Waals surface area contributed by atoms with Gasteiger partial charge in [0.1, 0.15) is 16.5 Å². The van der Waals surface area contributed by atoms with E-state index in [2.05, 4.69) is 26.3 Å². The first-order valence-electron chi connectivity index (χ1n) is 10.1. The zero-order chi connectivity index (χ0) is 19.6. The summed E-state index contributed by atoms with van der Waals surface area (Å²) in [6, 6.07) is 14.5. The monoisotopic (exact) mass is 403 g/mol. The summed E-state index contributed by atoms with van der Waals surface area (Å²) >= 11 is 6.37. The van der Waals surface area contributed by atoms with Gasteiger partial charge in [-0.25, -0.2) is 15.0 Å². The van der Waals surface area contributed by atoms with E-state index in [4.69, 9.17) is 16.6 Å². The molecule has 0 unspecified atom stereocenters. The molecule has 3 heterocycles. The maximum atomic E-state index is 6.37. The fourth-order valence-corrected chi connectivity index (χ4v) is 4.25. The van der Waals surface area contributed by atoms with Gasteiger partial charge < -0.3 is 10.3 Å². The lowest BCUT2D eigenvalue weighted by Gasteiger charge is -2.23. The van der Waals surface area contributed by atoms with Crippen LogP contribution in [0, 0.1) is 0 Å². The van der Waals surface area contributed by atoms with Gasteiger partial charge in [-0.3, -0.25) is 0 Å². The standard InChI is InChI=1S/C23H22ClN5/c24-20-11-16(12-21(29-20)27-17-9-5-2-6-10-17)18-13-25-23-22(18)28-19(14-26-23)15-7-3-1-4-8-15/h1,3-4,7-8,11-14,17H,2,5-6,9-10H2,(H,25,26)(H,27,29). The van der Waals surface area contributed by atoms with E-state index in [1.165, 1.54) is 32.1 Å². The van der Waals surface area contributed by atoms with Gasteiger partial charge in [-0.1, -0.05) is 61.2 Å². The zero-order valence-electron chi connectivity index (χ0n) is 16.0. The molecule has 29 heavy (non-hydrogen) atoms. The molecule has 0 aliphatic heterocycles. The molecule has 0 saturated heterocycles. The molecule has 0 radical (unpaired) electrons.